The van der Waals surface area contributed by atoms with E-state index >= 15 is 0 Å². The zero-order valence-electron chi connectivity index (χ0n) is 17.8. The zero-order valence-corrected chi connectivity index (χ0v) is 19.3. The van der Waals surface area contributed by atoms with Gasteiger partial charge in [0, 0.05) is 22.2 Å². The first kappa shape index (κ1) is 25.7. The Hall–Kier alpha value is -3.39. The molecule has 190 valence electrons. The van der Waals surface area contributed by atoms with E-state index in [9.17, 15) is 39.6 Å². The number of pyridine rings is 2. The van der Waals surface area contributed by atoms with Gasteiger partial charge in [0.1, 0.15) is 11.0 Å². The third kappa shape index (κ3) is 4.69. The molecule has 4 rings (SSSR count). The minimum Gasteiger partial charge on any atom is -0.328 e. The molecule has 3 aromatic heterocycles. The molecule has 3 heterocycles. The first-order chi connectivity index (χ1) is 16.6. The van der Waals surface area contributed by atoms with Crippen LogP contribution in [-0.2, 0) is 20.8 Å². The number of aromatic nitrogens is 3. The molecule has 0 unspecified atom stereocenters. The van der Waals surface area contributed by atoms with Crippen molar-refractivity contribution in [1.82, 2.24) is 14.7 Å². The van der Waals surface area contributed by atoms with Gasteiger partial charge in [-0.2, -0.15) is 31.1 Å². The molecule has 0 saturated heterocycles. The smallest absolute Gasteiger partial charge is 0.328 e. The summed E-state index contributed by atoms with van der Waals surface area (Å²) in [4.78, 5) is 23.3. The number of fused-ring (bicyclic) bond motifs is 2. The van der Waals surface area contributed by atoms with E-state index in [0.29, 0.717) is 17.6 Å². The molecule has 15 heteroatoms. The van der Waals surface area contributed by atoms with Crippen molar-refractivity contribution in [3.8, 4) is 11.3 Å². The van der Waals surface area contributed by atoms with Crippen molar-refractivity contribution in [2.45, 2.75) is 24.2 Å². The molecule has 1 aromatic carbocycles. The van der Waals surface area contributed by atoms with E-state index in [1.165, 1.54) is 31.2 Å². The van der Waals surface area contributed by atoms with Crippen LogP contribution < -0.4 is 4.84 Å². The lowest BCUT2D eigenvalue weighted by molar-refractivity contribution is -0.199. The second kappa shape index (κ2) is 8.62. The maximum absolute atomic E-state index is 13.3. The topological polar surface area (TPSA) is 91.1 Å². The van der Waals surface area contributed by atoms with E-state index in [1.54, 1.807) is 0 Å². The molecule has 0 bridgehead atoms. The Morgan fingerprint density at radius 2 is 1.81 bits per heavy atom. The number of sulfone groups is 1. The van der Waals surface area contributed by atoms with Crippen LogP contribution in [0.1, 0.15) is 12.5 Å². The van der Waals surface area contributed by atoms with E-state index in [-0.39, 0.29) is 36.9 Å². The summed E-state index contributed by atoms with van der Waals surface area (Å²) >= 11 is 5.97. The Kier molecular flexibility index (Phi) is 6.15. The van der Waals surface area contributed by atoms with Gasteiger partial charge in [-0.3, -0.25) is 4.98 Å². The summed E-state index contributed by atoms with van der Waals surface area (Å²) in [6.07, 6.45) is -9.26. The third-order valence-electron chi connectivity index (χ3n) is 5.06. The molecule has 0 radical (unpaired) electrons. The van der Waals surface area contributed by atoms with Crippen LogP contribution in [-0.4, -0.2) is 41.0 Å². The van der Waals surface area contributed by atoms with E-state index in [4.69, 9.17) is 11.6 Å². The SMILES string of the molecule is CCS(=O)(=O)c1cc2cc(Cl)ccc2nc1-c1cn(OC(=O)C(F)(F)F)c2cc(C(F)(F)F)cnc12. The van der Waals surface area contributed by atoms with Crippen LogP contribution in [0, 0.1) is 0 Å². The molecular weight excluding hydrogens is 540 g/mol. The maximum atomic E-state index is 13.3. The van der Waals surface area contributed by atoms with Crippen LogP contribution in [0.25, 0.3) is 33.2 Å². The second-order valence-corrected chi connectivity index (χ2v) is 10.1. The molecule has 0 fully saturated rings. The molecule has 0 aliphatic carbocycles. The van der Waals surface area contributed by atoms with Gasteiger partial charge in [-0.25, -0.2) is 18.2 Å². The van der Waals surface area contributed by atoms with Crippen molar-refractivity contribution >= 4 is 49.3 Å². The molecule has 0 N–H and O–H groups in total. The fourth-order valence-electron chi connectivity index (χ4n) is 3.34. The Bertz CT molecular complexity index is 1630. The van der Waals surface area contributed by atoms with Crippen LogP contribution >= 0.6 is 11.6 Å². The van der Waals surface area contributed by atoms with Crippen molar-refractivity contribution in [1.29, 1.82) is 0 Å². The zero-order chi connectivity index (χ0) is 26.6. The summed E-state index contributed by atoms with van der Waals surface area (Å²) in [5, 5.41) is 0.590. The molecule has 0 saturated carbocycles. The molecule has 0 aliphatic rings. The van der Waals surface area contributed by atoms with Gasteiger partial charge < -0.3 is 4.84 Å². The normalized spacial score (nSPS) is 12.9. The van der Waals surface area contributed by atoms with Gasteiger partial charge in [0.2, 0.25) is 0 Å². The van der Waals surface area contributed by atoms with Crippen molar-refractivity contribution in [3.05, 3.63) is 53.3 Å². The van der Waals surface area contributed by atoms with Crippen molar-refractivity contribution in [2.24, 2.45) is 0 Å². The second-order valence-electron chi connectivity index (χ2n) is 7.41. The number of carbonyl (C=O) groups is 1. The summed E-state index contributed by atoms with van der Waals surface area (Å²) in [6, 6.07) is 5.99. The van der Waals surface area contributed by atoms with Crippen molar-refractivity contribution in [3.63, 3.8) is 0 Å². The monoisotopic (exact) mass is 551 g/mol. The van der Waals surface area contributed by atoms with Gasteiger partial charge in [-0.05, 0) is 30.3 Å². The predicted octanol–water partition coefficient (Wildman–Crippen LogP) is 5.23. The summed E-state index contributed by atoms with van der Waals surface area (Å²) < 4.78 is 104. The standard InChI is InChI=1S/C21H12ClF6N3O4S/c1-2-36(33,34)16-6-10-5-12(22)3-4-14(10)30-18(16)13-9-31(35-19(32)21(26,27)28)15-7-11(20(23,24)25)8-29-17(13)15/h3-9H,2H2,1H3. The Morgan fingerprint density at radius 1 is 1.11 bits per heavy atom. The maximum Gasteiger partial charge on any atom is 0.493 e. The lowest BCUT2D eigenvalue weighted by Gasteiger charge is -2.10. The predicted molar refractivity (Wildman–Crippen MR) is 116 cm³/mol. The van der Waals surface area contributed by atoms with Crippen molar-refractivity contribution < 1.29 is 44.4 Å². The Labute approximate surface area is 203 Å². The molecule has 0 aliphatic heterocycles. The van der Waals surface area contributed by atoms with Gasteiger partial charge in [-0.15, -0.1) is 0 Å². The Morgan fingerprint density at radius 3 is 2.42 bits per heavy atom. The first-order valence-corrected chi connectivity index (χ1v) is 11.9. The largest absolute Gasteiger partial charge is 0.493 e. The van der Waals surface area contributed by atoms with Gasteiger partial charge in [0.15, 0.2) is 9.84 Å². The van der Waals surface area contributed by atoms with Gasteiger partial charge >= 0.3 is 18.3 Å². The number of halogens is 7. The summed E-state index contributed by atoms with van der Waals surface area (Å²) in [5.74, 6) is -3.12. The number of hydrogen-bond acceptors (Lipinski definition) is 6. The molecule has 0 spiro atoms. The van der Waals surface area contributed by atoms with E-state index in [1.807, 2.05) is 0 Å². The number of benzene rings is 1. The highest BCUT2D eigenvalue weighted by Crippen LogP contribution is 2.37. The van der Waals surface area contributed by atoms with Crippen LogP contribution in [0.5, 0.6) is 0 Å². The fourth-order valence-corrected chi connectivity index (χ4v) is 4.58. The minimum absolute atomic E-state index is 0.152. The number of rotatable bonds is 4. The van der Waals surface area contributed by atoms with E-state index < -0.39 is 45.0 Å². The number of hydrogen-bond donors (Lipinski definition) is 0. The van der Waals surface area contributed by atoms with Gasteiger partial charge in [-0.1, -0.05) is 18.5 Å². The molecular formula is C21H12ClF6N3O4S. The van der Waals surface area contributed by atoms with Crippen LogP contribution in [0.15, 0.2) is 47.6 Å². The first-order valence-electron chi connectivity index (χ1n) is 9.83. The minimum atomic E-state index is -5.47. The molecule has 0 amide bonds. The highest BCUT2D eigenvalue weighted by atomic mass is 35.5. The van der Waals surface area contributed by atoms with Crippen LogP contribution in [0.2, 0.25) is 5.02 Å². The van der Waals surface area contributed by atoms with E-state index in [2.05, 4.69) is 14.8 Å². The molecule has 4 aromatic rings. The van der Waals surface area contributed by atoms with Gasteiger partial charge in [0.05, 0.1) is 33.6 Å². The molecule has 36 heavy (non-hydrogen) atoms. The summed E-state index contributed by atoms with van der Waals surface area (Å²) in [7, 11) is -4.03. The van der Waals surface area contributed by atoms with Crippen LogP contribution in [0.4, 0.5) is 26.3 Å². The average molecular weight is 552 g/mol. The fraction of sp³-hybridized carbons (Fsp3) is 0.190. The molecule has 7 nitrogen and oxygen atoms in total. The molecule has 0 atom stereocenters. The number of nitrogens with zero attached hydrogens (tertiary/aromatic N) is 3. The lowest BCUT2D eigenvalue weighted by Crippen LogP contribution is -2.33. The quantitative estimate of drug-likeness (QED) is 0.322. The Balaban J connectivity index is 2.07. The lowest BCUT2D eigenvalue weighted by atomic mass is 10.1. The summed E-state index contributed by atoms with van der Waals surface area (Å²) in [6.45, 7) is 1.34. The number of alkyl halides is 6. The van der Waals surface area contributed by atoms with E-state index in [0.717, 1.165) is 6.20 Å². The summed E-state index contributed by atoms with van der Waals surface area (Å²) in [5.41, 5.74) is -2.76. The highest BCUT2D eigenvalue weighted by molar-refractivity contribution is 7.91. The number of carbonyl (C=O) groups excluding carboxylic acids is 1. The third-order valence-corrected chi connectivity index (χ3v) is 7.04. The van der Waals surface area contributed by atoms with Crippen molar-refractivity contribution in [2.75, 3.05) is 5.75 Å². The average Bonchev–Trinajstić information content (AvgIpc) is 3.14. The van der Waals surface area contributed by atoms with Crippen LogP contribution in [0.3, 0.4) is 0 Å². The van der Waals surface area contributed by atoms with Gasteiger partial charge in [0.25, 0.3) is 0 Å². The highest BCUT2D eigenvalue weighted by Gasteiger charge is 2.42.